The number of imidazole rings is 1. The van der Waals surface area contributed by atoms with Gasteiger partial charge in [0.25, 0.3) is 5.69 Å². The number of aromatic nitrogens is 2. The van der Waals surface area contributed by atoms with Crippen molar-refractivity contribution in [3.05, 3.63) is 55.5 Å². The molecule has 0 fully saturated rings. The van der Waals surface area contributed by atoms with Crippen LogP contribution in [0, 0.1) is 20.2 Å². The molecule has 1 aromatic heterocycles. The largest absolute Gasteiger partial charge is 0.478 e. The van der Waals surface area contributed by atoms with Crippen LogP contribution in [0.15, 0.2) is 24.7 Å². The van der Waals surface area contributed by atoms with Crippen LogP contribution in [0.1, 0.15) is 10.4 Å². The second-order valence-corrected chi connectivity index (χ2v) is 4.19. The lowest BCUT2D eigenvalue weighted by Crippen LogP contribution is -2.06. The van der Waals surface area contributed by atoms with Gasteiger partial charge in [-0.1, -0.05) is 11.6 Å². The molecule has 0 unspecified atom stereocenters. The Hall–Kier alpha value is -3.01. The lowest BCUT2D eigenvalue weighted by Gasteiger charge is -2.08. The van der Waals surface area contributed by atoms with Gasteiger partial charge in [0.1, 0.15) is 6.20 Å². The van der Waals surface area contributed by atoms with Crippen molar-refractivity contribution in [2.24, 2.45) is 0 Å². The third-order valence-electron chi connectivity index (χ3n) is 2.50. The number of carboxylic acid groups (broad SMARTS) is 1. The maximum atomic E-state index is 11.2. The third kappa shape index (κ3) is 2.65. The van der Waals surface area contributed by atoms with Crippen molar-refractivity contribution in [3.63, 3.8) is 0 Å². The number of hydrogen-bond donors (Lipinski definition) is 1. The number of nitrogens with zero attached hydrogens (tertiary/aromatic N) is 4. The number of nitro benzene ring substituents is 1. The van der Waals surface area contributed by atoms with E-state index in [2.05, 4.69) is 4.98 Å². The number of halogens is 1. The molecule has 0 aliphatic rings. The highest BCUT2D eigenvalue weighted by Crippen LogP contribution is 2.30. The molecule has 0 aliphatic carbocycles. The van der Waals surface area contributed by atoms with Crippen LogP contribution in [0.3, 0.4) is 0 Å². The van der Waals surface area contributed by atoms with Crippen LogP contribution in [0.4, 0.5) is 11.5 Å². The Kier molecular flexibility index (Phi) is 3.54. The lowest BCUT2D eigenvalue weighted by molar-refractivity contribution is -0.389. The highest BCUT2D eigenvalue weighted by molar-refractivity contribution is 6.33. The summed E-state index contributed by atoms with van der Waals surface area (Å²) in [5.74, 6) is -1.98. The van der Waals surface area contributed by atoms with Gasteiger partial charge in [-0.05, 0) is 9.91 Å². The molecule has 0 amide bonds. The van der Waals surface area contributed by atoms with E-state index in [9.17, 15) is 25.0 Å². The number of benzene rings is 1. The molecule has 0 saturated carbocycles. The van der Waals surface area contributed by atoms with Gasteiger partial charge in [-0.3, -0.25) is 14.7 Å². The van der Waals surface area contributed by atoms with Crippen molar-refractivity contribution < 1.29 is 19.7 Å². The van der Waals surface area contributed by atoms with E-state index in [-0.39, 0.29) is 10.7 Å². The molecule has 0 aliphatic heterocycles. The number of rotatable bonds is 4. The van der Waals surface area contributed by atoms with E-state index in [0.29, 0.717) is 0 Å². The van der Waals surface area contributed by atoms with Gasteiger partial charge in [0.15, 0.2) is 0 Å². The molecule has 1 N–H and O–H groups in total. The van der Waals surface area contributed by atoms with Crippen LogP contribution < -0.4 is 0 Å². The van der Waals surface area contributed by atoms with Gasteiger partial charge in [0.2, 0.25) is 6.33 Å². The smallest absolute Gasteiger partial charge is 0.381 e. The zero-order valence-electron chi connectivity index (χ0n) is 9.96. The van der Waals surface area contributed by atoms with Crippen molar-refractivity contribution in [2.45, 2.75) is 0 Å². The van der Waals surface area contributed by atoms with Gasteiger partial charge in [-0.25, -0.2) is 4.79 Å². The zero-order chi connectivity index (χ0) is 15.7. The minimum Gasteiger partial charge on any atom is -0.478 e. The summed E-state index contributed by atoms with van der Waals surface area (Å²) in [5, 5.41) is 30.2. The number of non-ortho nitro benzene ring substituents is 1. The fourth-order valence-corrected chi connectivity index (χ4v) is 1.96. The normalized spacial score (nSPS) is 10.3. The Balaban J connectivity index is 2.69. The molecule has 2 aromatic rings. The van der Waals surface area contributed by atoms with E-state index in [1.807, 2.05) is 0 Å². The maximum Gasteiger partial charge on any atom is 0.381 e. The van der Waals surface area contributed by atoms with Gasteiger partial charge in [0.05, 0.1) is 21.2 Å². The van der Waals surface area contributed by atoms with E-state index in [0.717, 1.165) is 29.2 Å². The molecule has 10 nitrogen and oxygen atoms in total. The summed E-state index contributed by atoms with van der Waals surface area (Å²) in [6.07, 6.45) is 1.96. The number of hydrogen-bond acceptors (Lipinski definition) is 6. The first kappa shape index (κ1) is 14.4. The minimum absolute atomic E-state index is 0.143. The Bertz CT molecular complexity index is 771. The van der Waals surface area contributed by atoms with Crippen LogP contribution >= 0.6 is 11.6 Å². The molecule has 1 heterocycles. The quantitative estimate of drug-likeness (QED) is 0.672. The predicted octanol–water partition coefficient (Wildman–Crippen LogP) is 2.04. The van der Waals surface area contributed by atoms with Gasteiger partial charge in [-0.15, -0.1) is 0 Å². The summed E-state index contributed by atoms with van der Waals surface area (Å²) in [6, 6.07) is 1.77. The van der Waals surface area contributed by atoms with Crippen molar-refractivity contribution in [1.29, 1.82) is 0 Å². The number of carbonyl (C=O) groups is 1. The van der Waals surface area contributed by atoms with Crippen LogP contribution in [-0.4, -0.2) is 30.5 Å². The van der Waals surface area contributed by atoms with Gasteiger partial charge >= 0.3 is 11.8 Å². The average Bonchev–Trinajstić information content (AvgIpc) is 2.86. The monoisotopic (exact) mass is 312 g/mol. The van der Waals surface area contributed by atoms with Crippen molar-refractivity contribution in [3.8, 4) is 5.69 Å². The van der Waals surface area contributed by atoms with Gasteiger partial charge < -0.3 is 15.2 Å². The predicted molar refractivity (Wildman–Crippen MR) is 68.8 cm³/mol. The van der Waals surface area contributed by atoms with Crippen LogP contribution in [0.2, 0.25) is 5.02 Å². The summed E-state index contributed by atoms with van der Waals surface area (Å²) in [4.78, 5) is 34.4. The van der Waals surface area contributed by atoms with Crippen molar-refractivity contribution in [1.82, 2.24) is 9.55 Å². The first-order valence-electron chi connectivity index (χ1n) is 5.21. The highest BCUT2D eigenvalue weighted by Gasteiger charge is 2.23. The van der Waals surface area contributed by atoms with Crippen molar-refractivity contribution in [2.75, 3.05) is 0 Å². The SMILES string of the molecule is O=C(O)c1cc([N+](=O)[O-])cc(Cl)c1-n1cnc([N+](=O)[O-])c1. The molecule has 0 atom stereocenters. The molecule has 0 spiro atoms. The summed E-state index contributed by atoms with van der Waals surface area (Å²) in [7, 11) is 0. The third-order valence-corrected chi connectivity index (χ3v) is 2.79. The van der Waals surface area contributed by atoms with E-state index < -0.39 is 32.9 Å². The second-order valence-electron chi connectivity index (χ2n) is 3.78. The molecule has 0 radical (unpaired) electrons. The van der Waals surface area contributed by atoms with Crippen LogP contribution in [0.25, 0.3) is 5.69 Å². The summed E-state index contributed by atoms with van der Waals surface area (Å²) in [6.45, 7) is 0. The molecule has 11 heteroatoms. The second kappa shape index (κ2) is 5.17. The number of nitro groups is 2. The fourth-order valence-electron chi connectivity index (χ4n) is 1.64. The molecule has 1 aromatic carbocycles. The highest BCUT2D eigenvalue weighted by atomic mass is 35.5. The zero-order valence-corrected chi connectivity index (χ0v) is 10.7. The van der Waals surface area contributed by atoms with E-state index >= 15 is 0 Å². The number of aromatic carboxylic acids is 1. The van der Waals surface area contributed by atoms with Crippen LogP contribution in [-0.2, 0) is 0 Å². The molecular formula is C10H5ClN4O6. The molecule has 0 bridgehead atoms. The Morgan fingerprint density at radius 1 is 1.29 bits per heavy atom. The molecule has 21 heavy (non-hydrogen) atoms. The molecular weight excluding hydrogens is 308 g/mol. The Morgan fingerprint density at radius 2 is 1.95 bits per heavy atom. The Labute approximate surface area is 120 Å². The van der Waals surface area contributed by atoms with E-state index in [4.69, 9.17) is 16.7 Å². The first-order valence-corrected chi connectivity index (χ1v) is 5.59. The Morgan fingerprint density at radius 3 is 2.43 bits per heavy atom. The standard InChI is InChI=1S/C10H5ClN4O6/c11-7-2-5(14(18)19)1-6(10(16)17)9(7)13-3-8(12-4-13)15(20)21/h1-4H,(H,16,17). The molecule has 108 valence electrons. The van der Waals surface area contributed by atoms with E-state index in [1.165, 1.54) is 0 Å². The molecule has 0 saturated heterocycles. The first-order chi connectivity index (χ1) is 9.81. The summed E-state index contributed by atoms with van der Waals surface area (Å²) >= 11 is 5.86. The number of carboxylic acids is 1. The van der Waals surface area contributed by atoms with E-state index in [1.54, 1.807) is 0 Å². The fraction of sp³-hybridized carbons (Fsp3) is 0. The minimum atomic E-state index is -1.47. The van der Waals surface area contributed by atoms with Crippen LogP contribution in [0.5, 0.6) is 0 Å². The summed E-state index contributed by atoms with van der Waals surface area (Å²) < 4.78 is 1.02. The lowest BCUT2D eigenvalue weighted by atomic mass is 10.1. The average molecular weight is 313 g/mol. The molecule has 2 rings (SSSR count). The van der Waals surface area contributed by atoms with Gasteiger partial charge in [0, 0.05) is 12.1 Å². The van der Waals surface area contributed by atoms with Gasteiger partial charge in [-0.2, -0.15) is 0 Å². The summed E-state index contributed by atoms with van der Waals surface area (Å²) in [5.41, 5.74) is -1.12. The van der Waals surface area contributed by atoms with Crippen molar-refractivity contribution >= 4 is 29.1 Å². The topological polar surface area (TPSA) is 141 Å². The maximum absolute atomic E-state index is 11.2.